The molecular weight excluding hydrogens is 324 g/mol. The maximum atomic E-state index is 5.81. The number of hydrogen-bond acceptors (Lipinski definition) is 2. The monoisotopic (exact) mass is 344 g/mol. The number of hydrazine groups is 1. The molecule has 0 saturated heterocycles. The lowest BCUT2D eigenvalue weighted by molar-refractivity contribution is 0.419. The summed E-state index contributed by atoms with van der Waals surface area (Å²) in [7, 11) is 0. The molecule has 1 saturated carbocycles. The van der Waals surface area contributed by atoms with Crippen molar-refractivity contribution in [2.45, 2.75) is 38.1 Å². The fourth-order valence-corrected chi connectivity index (χ4v) is 3.64. The van der Waals surface area contributed by atoms with E-state index in [2.05, 4.69) is 70.7 Å². The maximum absolute atomic E-state index is 5.81. The number of hydrogen-bond donors (Lipinski definition) is 2. The van der Waals surface area contributed by atoms with Crippen LogP contribution in [0.25, 0.3) is 0 Å². The van der Waals surface area contributed by atoms with Crippen molar-refractivity contribution < 1.29 is 0 Å². The Kier molecular flexibility index (Phi) is 4.43. The van der Waals surface area contributed by atoms with Crippen LogP contribution in [0.15, 0.2) is 46.9 Å². The van der Waals surface area contributed by atoms with Crippen LogP contribution in [0.4, 0.5) is 0 Å². The minimum absolute atomic E-state index is 0.0247. The minimum atomic E-state index is 0.0247. The Hall–Kier alpha value is -1.16. The van der Waals surface area contributed by atoms with E-state index in [0.29, 0.717) is 0 Å². The first-order valence-corrected chi connectivity index (χ1v) is 8.30. The summed E-state index contributed by atoms with van der Waals surface area (Å²) in [6.07, 6.45) is 4.04. The topological polar surface area (TPSA) is 38.0 Å². The predicted octanol–water partition coefficient (Wildman–Crippen LogP) is 4.58. The molecule has 21 heavy (non-hydrogen) atoms. The molecule has 0 spiro atoms. The summed E-state index contributed by atoms with van der Waals surface area (Å²) < 4.78 is 1.09. The summed E-state index contributed by atoms with van der Waals surface area (Å²) in [5, 5.41) is 0. The summed E-state index contributed by atoms with van der Waals surface area (Å²) in [5.74, 6) is 6.58. The molecule has 1 fully saturated rings. The molecule has 3 heteroatoms. The third kappa shape index (κ3) is 3.20. The number of benzene rings is 2. The molecule has 2 aromatic carbocycles. The highest BCUT2D eigenvalue weighted by Crippen LogP contribution is 2.37. The zero-order valence-corrected chi connectivity index (χ0v) is 13.9. The number of rotatable bonds is 4. The van der Waals surface area contributed by atoms with Gasteiger partial charge in [0, 0.05) is 4.47 Å². The molecular formula is C18H21BrN2. The molecule has 1 aliphatic carbocycles. The van der Waals surface area contributed by atoms with Gasteiger partial charge in [0.25, 0.3) is 0 Å². The van der Waals surface area contributed by atoms with Crippen molar-refractivity contribution in [3.63, 3.8) is 0 Å². The van der Waals surface area contributed by atoms with Gasteiger partial charge in [-0.2, -0.15) is 0 Å². The maximum Gasteiger partial charge on any atom is 0.0710 e. The Morgan fingerprint density at radius 2 is 1.81 bits per heavy atom. The molecule has 1 aliphatic rings. The fourth-order valence-electron chi connectivity index (χ4n) is 3.02. The number of nitrogens with one attached hydrogen (secondary N) is 1. The molecule has 2 aromatic rings. The Balaban J connectivity index is 1.88. The quantitative estimate of drug-likeness (QED) is 0.629. The molecule has 3 N–H and O–H groups in total. The van der Waals surface area contributed by atoms with Gasteiger partial charge in [0.05, 0.1) is 6.04 Å². The first-order valence-electron chi connectivity index (χ1n) is 7.50. The van der Waals surface area contributed by atoms with Crippen LogP contribution in [0.2, 0.25) is 0 Å². The van der Waals surface area contributed by atoms with Crippen LogP contribution in [0, 0.1) is 6.92 Å². The lowest BCUT2D eigenvalue weighted by Gasteiger charge is -2.26. The molecule has 0 bridgehead atoms. The van der Waals surface area contributed by atoms with Crippen molar-refractivity contribution in [1.82, 2.24) is 5.43 Å². The van der Waals surface area contributed by atoms with Crippen molar-refractivity contribution in [3.05, 3.63) is 69.2 Å². The molecule has 0 aliphatic heterocycles. The van der Waals surface area contributed by atoms with Crippen LogP contribution in [-0.4, -0.2) is 0 Å². The van der Waals surface area contributed by atoms with E-state index in [1.807, 2.05) is 0 Å². The van der Waals surface area contributed by atoms with Crippen molar-refractivity contribution in [2.75, 3.05) is 0 Å². The highest BCUT2D eigenvalue weighted by atomic mass is 79.9. The Morgan fingerprint density at radius 1 is 1.10 bits per heavy atom. The van der Waals surface area contributed by atoms with Gasteiger partial charge < -0.3 is 0 Å². The SMILES string of the molecule is Cc1cc(Br)cc(C(NN)c2ccc(C3CCC3)cc2)c1. The second-order valence-corrected chi connectivity index (χ2v) is 6.87. The van der Waals surface area contributed by atoms with Crippen molar-refractivity contribution in [3.8, 4) is 0 Å². The van der Waals surface area contributed by atoms with Gasteiger partial charge in [-0.1, -0.05) is 52.7 Å². The summed E-state index contributed by atoms with van der Waals surface area (Å²) in [6.45, 7) is 2.10. The minimum Gasteiger partial charge on any atom is -0.271 e. The van der Waals surface area contributed by atoms with E-state index in [-0.39, 0.29) is 6.04 Å². The average Bonchev–Trinajstić information content (AvgIpc) is 2.38. The summed E-state index contributed by atoms with van der Waals surface area (Å²) >= 11 is 3.56. The molecule has 0 amide bonds. The van der Waals surface area contributed by atoms with E-state index in [1.54, 1.807) is 0 Å². The molecule has 2 nitrogen and oxygen atoms in total. The van der Waals surface area contributed by atoms with Gasteiger partial charge in [-0.3, -0.25) is 5.84 Å². The standard InChI is InChI=1S/C18H21BrN2/c1-12-9-16(11-17(19)10-12)18(21-20)15-7-5-14(6-8-15)13-3-2-4-13/h5-11,13,18,21H,2-4,20H2,1H3. The van der Waals surface area contributed by atoms with Gasteiger partial charge in [0.1, 0.15) is 0 Å². The number of halogens is 1. The van der Waals surface area contributed by atoms with Gasteiger partial charge in [-0.15, -0.1) is 0 Å². The van der Waals surface area contributed by atoms with Crippen molar-refractivity contribution >= 4 is 15.9 Å². The van der Waals surface area contributed by atoms with Crippen LogP contribution >= 0.6 is 15.9 Å². The molecule has 1 atom stereocenters. The predicted molar refractivity (Wildman–Crippen MR) is 91.1 cm³/mol. The highest BCUT2D eigenvalue weighted by molar-refractivity contribution is 9.10. The third-order valence-electron chi connectivity index (χ3n) is 4.41. The first kappa shape index (κ1) is 14.8. The molecule has 110 valence electrons. The Bertz CT molecular complexity index is 597. The second kappa shape index (κ2) is 6.30. The Labute approximate surface area is 134 Å². The van der Waals surface area contributed by atoms with Crippen LogP contribution in [0.3, 0.4) is 0 Å². The summed E-state index contributed by atoms with van der Waals surface area (Å²) in [6, 6.07) is 15.4. The van der Waals surface area contributed by atoms with E-state index in [9.17, 15) is 0 Å². The van der Waals surface area contributed by atoms with E-state index in [0.717, 1.165) is 10.4 Å². The van der Waals surface area contributed by atoms with E-state index < -0.39 is 0 Å². The lowest BCUT2D eigenvalue weighted by Crippen LogP contribution is -2.29. The third-order valence-corrected chi connectivity index (χ3v) is 4.87. The highest BCUT2D eigenvalue weighted by Gasteiger charge is 2.20. The summed E-state index contributed by atoms with van der Waals surface area (Å²) in [5.41, 5.74) is 8.02. The smallest absolute Gasteiger partial charge is 0.0710 e. The lowest BCUT2D eigenvalue weighted by atomic mass is 9.79. The molecule has 3 rings (SSSR count). The van der Waals surface area contributed by atoms with Crippen molar-refractivity contribution in [2.24, 2.45) is 5.84 Å². The largest absolute Gasteiger partial charge is 0.271 e. The molecule has 0 aromatic heterocycles. The fraction of sp³-hybridized carbons (Fsp3) is 0.333. The first-order chi connectivity index (χ1) is 10.2. The van der Waals surface area contributed by atoms with Gasteiger partial charge in [-0.05, 0) is 60.1 Å². The van der Waals surface area contributed by atoms with Crippen LogP contribution < -0.4 is 11.3 Å². The van der Waals surface area contributed by atoms with Gasteiger partial charge in [0.2, 0.25) is 0 Å². The Morgan fingerprint density at radius 3 is 2.33 bits per heavy atom. The van der Waals surface area contributed by atoms with Crippen molar-refractivity contribution in [1.29, 1.82) is 0 Å². The normalized spacial score (nSPS) is 16.5. The molecule has 1 unspecified atom stereocenters. The van der Waals surface area contributed by atoms with Gasteiger partial charge in [0.15, 0.2) is 0 Å². The van der Waals surface area contributed by atoms with E-state index in [4.69, 9.17) is 5.84 Å². The van der Waals surface area contributed by atoms with Crippen LogP contribution in [0.5, 0.6) is 0 Å². The van der Waals surface area contributed by atoms with Gasteiger partial charge in [-0.25, -0.2) is 5.43 Å². The average molecular weight is 345 g/mol. The zero-order chi connectivity index (χ0) is 14.8. The van der Waals surface area contributed by atoms with Gasteiger partial charge >= 0.3 is 0 Å². The van der Waals surface area contributed by atoms with Crippen LogP contribution in [-0.2, 0) is 0 Å². The van der Waals surface area contributed by atoms with E-state index in [1.165, 1.54) is 41.5 Å². The molecule has 0 heterocycles. The van der Waals surface area contributed by atoms with E-state index >= 15 is 0 Å². The summed E-state index contributed by atoms with van der Waals surface area (Å²) in [4.78, 5) is 0. The van der Waals surface area contributed by atoms with Crippen LogP contribution in [0.1, 0.15) is 53.5 Å². The number of aryl methyl sites for hydroxylation is 1. The molecule has 0 radical (unpaired) electrons. The zero-order valence-electron chi connectivity index (χ0n) is 12.3. The second-order valence-electron chi connectivity index (χ2n) is 5.96. The number of nitrogens with two attached hydrogens (primary N) is 1.